The quantitative estimate of drug-likeness (QED) is 0.265. The van der Waals surface area contributed by atoms with E-state index in [9.17, 15) is 19.8 Å². The Kier molecular flexibility index (Phi) is 9.10. The van der Waals surface area contributed by atoms with Crippen molar-refractivity contribution in [2.24, 2.45) is 17.3 Å². The van der Waals surface area contributed by atoms with E-state index in [1.807, 2.05) is 36.4 Å². The number of halogens is 1. The van der Waals surface area contributed by atoms with Crippen molar-refractivity contribution in [2.45, 2.75) is 64.6 Å². The van der Waals surface area contributed by atoms with Crippen LogP contribution in [0.15, 0.2) is 48.6 Å². The summed E-state index contributed by atoms with van der Waals surface area (Å²) in [5.74, 6) is -1.56. The van der Waals surface area contributed by atoms with E-state index in [-0.39, 0.29) is 24.0 Å². The Balaban J connectivity index is 1.61. The first-order valence-electron chi connectivity index (χ1n) is 11.7. The zero-order chi connectivity index (χ0) is 24.9. The summed E-state index contributed by atoms with van der Waals surface area (Å²) >= 11 is 8.14. The fourth-order valence-electron chi connectivity index (χ4n) is 4.59. The van der Waals surface area contributed by atoms with Crippen LogP contribution in [0.1, 0.15) is 50.8 Å². The number of hydrogen-bond donors (Lipinski definition) is 3. The highest BCUT2D eigenvalue weighted by Gasteiger charge is 2.52. The number of ketones is 1. The summed E-state index contributed by atoms with van der Waals surface area (Å²) in [7, 11) is 0. The minimum absolute atomic E-state index is 0.0105. The van der Waals surface area contributed by atoms with E-state index >= 15 is 0 Å². The van der Waals surface area contributed by atoms with Gasteiger partial charge in [0.15, 0.2) is 0 Å². The third-order valence-electron chi connectivity index (χ3n) is 6.68. The molecule has 1 aliphatic rings. The van der Waals surface area contributed by atoms with E-state index in [4.69, 9.17) is 16.7 Å². The van der Waals surface area contributed by atoms with Crippen molar-refractivity contribution in [3.63, 3.8) is 0 Å². The number of aryl methyl sites for hydroxylation is 1. The van der Waals surface area contributed by atoms with E-state index in [2.05, 4.69) is 0 Å². The van der Waals surface area contributed by atoms with Crippen LogP contribution in [0.4, 0.5) is 0 Å². The highest BCUT2D eigenvalue weighted by molar-refractivity contribution is 7.19. The number of Topliss-reactive ketones (excluding diaryl/α,β-unsaturated/α-hetero) is 1. The molecule has 0 amide bonds. The molecule has 1 aromatic heterocycles. The number of aliphatic hydroxyl groups is 2. The van der Waals surface area contributed by atoms with Crippen LogP contribution in [0, 0.1) is 17.3 Å². The molecule has 2 aromatic rings. The molecule has 1 unspecified atom stereocenters. The number of fused-ring (bicyclic) bond motifs is 1. The number of carboxylic acids is 1. The van der Waals surface area contributed by atoms with Gasteiger partial charge in [-0.3, -0.25) is 9.59 Å². The predicted molar refractivity (Wildman–Crippen MR) is 137 cm³/mol. The minimum atomic E-state index is -0.855. The average molecular weight is 505 g/mol. The van der Waals surface area contributed by atoms with Crippen LogP contribution in [-0.4, -0.2) is 39.3 Å². The minimum Gasteiger partial charge on any atom is -0.481 e. The monoisotopic (exact) mass is 504 g/mol. The van der Waals surface area contributed by atoms with Gasteiger partial charge >= 0.3 is 5.97 Å². The van der Waals surface area contributed by atoms with Crippen LogP contribution in [0.3, 0.4) is 0 Å². The number of unbranched alkanes of at least 4 members (excludes halogenated alkanes) is 1. The van der Waals surface area contributed by atoms with Gasteiger partial charge in [-0.05, 0) is 38.2 Å². The van der Waals surface area contributed by atoms with Crippen molar-refractivity contribution in [1.29, 1.82) is 0 Å². The number of carbonyl (C=O) groups excluding carboxylic acids is 1. The van der Waals surface area contributed by atoms with Gasteiger partial charge in [0, 0.05) is 33.2 Å². The molecule has 184 valence electrons. The summed E-state index contributed by atoms with van der Waals surface area (Å²) in [4.78, 5) is 24.6. The first-order valence-corrected chi connectivity index (χ1v) is 12.9. The highest BCUT2D eigenvalue weighted by atomic mass is 35.5. The molecule has 3 rings (SSSR count). The molecule has 1 heterocycles. The zero-order valence-corrected chi connectivity index (χ0v) is 21.2. The molecule has 1 saturated carbocycles. The number of thiophene rings is 1. The summed E-state index contributed by atoms with van der Waals surface area (Å²) in [6.45, 7) is 3.52. The molecule has 0 spiro atoms. The molecule has 0 bridgehead atoms. The van der Waals surface area contributed by atoms with E-state index in [1.165, 1.54) is 0 Å². The number of allylic oxidation sites excluding steroid dienone is 2. The Bertz CT molecular complexity index is 1070. The van der Waals surface area contributed by atoms with Gasteiger partial charge in [0.1, 0.15) is 5.78 Å². The fourth-order valence-corrected chi connectivity index (χ4v) is 6.13. The molecule has 4 atom stereocenters. The molecular weight excluding hydrogens is 472 g/mol. The van der Waals surface area contributed by atoms with Crippen molar-refractivity contribution < 1.29 is 24.9 Å². The number of carboxylic acid groups (broad SMARTS) is 1. The van der Waals surface area contributed by atoms with Crippen molar-refractivity contribution in [2.75, 3.05) is 0 Å². The van der Waals surface area contributed by atoms with Gasteiger partial charge in [0.25, 0.3) is 0 Å². The molecule has 0 aliphatic heterocycles. The Hall–Kier alpha value is -1.99. The van der Waals surface area contributed by atoms with Crippen molar-refractivity contribution in [1.82, 2.24) is 0 Å². The lowest BCUT2D eigenvalue weighted by Gasteiger charge is -2.22. The fraction of sp³-hybridized carbons (Fsp3) is 0.481. The maximum Gasteiger partial charge on any atom is 0.303 e. The third-order valence-corrected chi connectivity index (χ3v) is 8.46. The predicted octanol–water partition coefficient (Wildman–Crippen LogP) is 5.81. The molecule has 0 radical (unpaired) electrons. The smallest absolute Gasteiger partial charge is 0.303 e. The van der Waals surface area contributed by atoms with Crippen LogP contribution in [-0.2, 0) is 16.0 Å². The lowest BCUT2D eigenvalue weighted by atomic mass is 9.86. The number of hydrogen-bond acceptors (Lipinski definition) is 5. The van der Waals surface area contributed by atoms with Crippen LogP contribution in [0.5, 0.6) is 0 Å². The van der Waals surface area contributed by atoms with Crippen LogP contribution < -0.4 is 0 Å². The summed E-state index contributed by atoms with van der Waals surface area (Å²) in [6, 6.07) is 7.97. The Labute approximate surface area is 209 Å². The van der Waals surface area contributed by atoms with Crippen LogP contribution in [0.25, 0.3) is 10.1 Å². The van der Waals surface area contributed by atoms with E-state index in [0.717, 1.165) is 20.0 Å². The van der Waals surface area contributed by atoms with Gasteiger partial charge in [0.05, 0.1) is 22.6 Å². The maximum absolute atomic E-state index is 13.0. The van der Waals surface area contributed by atoms with E-state index in [0.29, 0.717) is 32.1 Å². The molecule has 0 saturated heterocycles. The number of benzene rings is 1. The molecule has 1 aliphatic carbocycles. The lowest BCUT2D eigenvalue weighted by Crippen LogP contribution is -2.31. The topological polar surface area (TPSA) is 94.8 Å². The number of aliphatic carboxylic acids is 1. The number of carbonyl (C=O) groups is 2. The summed E-state index contributed by atoms with van der Waals surface area (Å²) < 4.78 is 1.13. The molecule has 3 N–H and O–H groups in total. The molecule has 7 heteroatoms. The largest absolute Gasteiger partial charge is 0.481 e. The average Bonchev–Trinajstić information content (AvgIpc) is 3.20. The Morgan fingerprint density at radius 3 is 2.71 bits per heavy atom. The van der Waals surface area contributed by atoms with E-state index in [1.54, 1.807) is 37.3 Å². The molecule has 34 heavy (non-hydrogen) atoms. The number of aliphatic hydroxyl groups excluding tert-OH is 2. The molecule has 1 aromatic carbocycles. The standard InChI is InChI=1S/C27H33ClO5S/c1-27(2)25(32)18(9-5-3-4-6-12-23(30)31)19(26(27)33)15-13-17(29)14-16-22-24(28)20-10-7-8-11-21(20)34-22/h3,5,7-8,10-11,13,15,17-19,26,29,33H,4,6,9,12,14,16H2,1-2H3,(H,30,31)/b5-3?,15-13-/t17?,18-,19-,26+/m1/s1. The first-order chi connectivity index (χ1) is 16.1. The van der Waals surface area contributed by atoms with Crippen LogP contribution >= 0.6 is 22.9 Å². The van der Waals surface area contributed by atoms with Gasteiger partial charge in [-0.2, -0.15) is 0 Å². The first kappa shape index (κ1) is 26.6. The highest BCUT2D eigenvalue weighted by Crippen LogP contribution is 2.45. The second-order valence-electron chi connectivity index (χ2n) is 9.53. The maximum atomic E-state index is 13.0. The van der Waals surface area contributed by atoms with Crippen molar-refractivity contribution in [3.05, 3.63) is 58.5 Å². The lowest BCUT2D eigenvalue weighted by molar-refractivity contribution is -0.137. The normalized spacial score (nSPS) is 23.4. The van der Waals surface area contributed by atoms with Crippen LogP contribution in [0.2, 0.25) is 5.02 Å². The van der Waals surface area contributed by atoms with Gasteiger partial charge in [-0.25, -0.2) is 0 Å². The Morgan fingerprint density at radius 1 is 1.26 bits per heavy atom. The molecule has 1 fully saturated rings. The zero-order valence-electron chi connectivity index (χ0n) is 19.6. The van der Waals surface area contributed by atoms with Gasteiger partial charge in [-0.15, -0.1) is 11.3 Å². The van der Waals surface area contributed by atoms with Crippen molar-refractivity contribution >= 4 is 44.8 Å². The Morgan fingerprint density at radius 2 is 2.00 bits per heavy atom. The molecule has 5 nitrogen and oxygen atoms in total. The van der Waals surface area contributed by atoms with Gasteiger partial charge < -0.3 is 15.3 Å². The second kappa shape index (κ2) is 11.6. The van der Waals surface area contributed by atoms with Gasteiger partial charge in [0.2, 0.25) is 0 Å². The van der Waals surface area contributed by atoms with E-state index < -0.39 is 23.6 Å². The van der Waals surface area contributed by atoms with Crippen molar-refractivity contribution in [3.8, 4) is 0 Å². The summed E-state index contributed by atoms with van der Waals surface area (Å²) in [6.07, 6.45) is 8.68. The molecular formula is C27H33ClO5S. The summed E-state index contributed by atoms with van der Waals surface area (Å²) in [5.41, 5.74) is -0.855. The second-order valence-corrected chi connectivity index (χ2v) is 11.0. The third kappa shape index (κ3) is 6.16. The van der Waals surface area contributed by atoms with Gasteiger partial charge in [-0.1, -0.05) is 68.0 Å². The number of rotatable bonds is 11. The SMILES string of the molecule is CC1(C)C(=O)[C@H](CC=CCCCC(=O)O)[C@@H](/C=C\C(O)CCc2sc3ccccc3c2Cl)[C@@H]1O. The summed E-state index contributed by atoms with van der Waals surface area (Å²) in [5, 5.41) is 31.9.